The molecular weight excluding hydrogens is 332 g/mol. The zero-order valence-electron chi connectivity index (χ0n) is 9.98. The molecule has 0 amide bonds. The molecule has 0 aliphatic heterocycles. The summed E-state index contributed by atoms with van der Waals surface area (Å²) in [5, 5.41) is 9.47. The summed E-state index contributed by atoms with van der Waals surface area (Å²) in [6, 6.07) is 10.0. The summed E-state index contributed by atoms with van der Waals surface area (Å²) < 4.78 is 6.24. The fraction of sp³-hybridized carbons (Fsp3) is 0.0714. The van der Waals surface area contributed by atoms with Crippen LogP contribution in [0.25, 0.3) is 0 Å². The highest BCUT2D eigenvalue weighted by molar-refractivity contribution is 9.10. The molecule has 0 radical (unpaired) electrons. The van der Waals surface area contributed by atoms with Gasteiger partial charge in [-0.3, -0.25) is 0 Å². The van der Waals surface area contributed by atoms with Crippen molar-refractivity contribution in [2.75, 3.05) is 0 Å². The van der Waals surface area contributed by atoms with E-state index in [1.54, 1.807) is 18.2 Å². The summed E-state index contributed by atoms with van der Waals surface area (Å²) in [7, 11) is 0. The van der Waals surface area contributed by atoms with E-state index < -0.39 is 5.97 Å². The highest BCUT2D eigenvalue weighted by atomic mass is 79.9. The van der Waals surface area contributed by atoms with Gasteiger partial charge >= 0.3 is 5.97 Å². The van der Waals surface area contributed by atoms with Crippen LogP contribution in [0.4, 0.5) is 0 Å². The Morgan fingerprint density at radius 2 is 2.00 bits per heavy atom. The summed E-state index contributed by atoms with van der Waals surface area (Å²) in [6.45, 7) is 1.93. The molecule has 19 heavy (non-hydrogen) atoms. The Labute approximate surface area is 123 Å². The monoisotopic (exact) mass is 340 g/mol. The molecule has 1 N–H and O–H groups in total. The zero-order chi connectivity index (χ0) is 14.0. The lowest BCUT2D eigenvalue weighted by Crippen LogP contribution is -1.97. The molecule has 0 saturated heterocycles. The molecule has 0 aliphatic rings. The quantitative estimate of drug-likeness (QED) is 0.863. The predicted molar refractivity (Wildman–Crippen MR) is 77.4 cm³/mol. The molecule has 2 rings (SSSR count). The van der Waals surface area contributed by atoms with Gasteiger partial charge in [0.25, 0.3) is 0 Å². The summed E-state index contributed by atoms with van der Waals surface area (Å²) in [4.78, 5) is 11.0. The number of ether oxygens (including phenoxy) is 1. The van der Waals surface area contributed by atoms with E-state index in [0.29, 0.717) is 21.0 Å². The number of aryl methyl sites for hydroxylation is 1. The minimum atomic E-state index is -1.01. The number of carboxylic acid groups (broad SMARTS) is 1. The van der Waals surface area contributed by atoms with Crippen molar-refractivity contribution in [1.82, 2.24) is 0 Å². The highest BCUT2D eigenvalue weighted by Crippen LogP contribution is 2.32. The number of benzene rings is 2. The number of halogens is 2. The third kappa shape index (κ3) is 3.49. The Bertz CT molecular complexity index is 641. The number of carbonyl (C=O) groups is 1. The van der Waals surface area contributed by atoms with Crippen LogP contribution >= 0.6 is 27.5 Å². The molecule has 0 unspecified atom stereocenters. The third-order valence-corrected chi connectivity index (χ3v) is 3.19. The average Bonchev–Trinajstić information content (AvgIpc) is 2.32. The lowest BCUT2D eigenvalue weighted by Gasteiger charge is -2.09. The molecule has 98 valence electrons. The Hall–Kier alpha value is -1.52. The number of aromatic carboxylic acids is 1. The standard InChI is InChI=1S/C14H10BrClO3/c1-8-2-3-13(12(16)4-8)19-11-6-9(14(17)18)5-10(15)7-11/h2-7H,1H3,(H,17,18). The predicted octanol–water partition coefficient (Wildman–Crippen LogP) is 4.90. The molecule has 2 aromatic rings. The summed E-state index contributed by atoms with van der Waals surface area (Å²) >= 11 is 9.32. The van der Waals surface area contributed by atoms with Crippen molar-refractivity contribution in [2.45, 2.75) is 6.92 Å². The van der Waals surface area contributed by atoms with Crippen LogP contribution in [0.15, 0.2) is 40.9 Å². The third-order valence-electron chi connectivity index (χ3n) is 2.43. The molecule has 0 aromatic heterocycles. The second kappa shape index (κ2) is 5.63. The minimum Gasteiger partial charge on any atom is -0.478 e. The number of hydrogen-bond donors (Lipinski definition) is 1. The highest BCUT2D eigenvalue weighted by Gasteiger charge is 2.09. The van der Waals surface area contributed by atoms with Crippen molar-refractivity contribution in [2.24, 2.45) is 0 Å². The summed E-state index contributed by atoms with van der Waals surface area (Å²) in [5.74, 6) is -0.111. The maximum Gasteiger partial charge on any atom is 0.335 e. The second-order valence-electron chi connectivity index (χ2n) is 4.02. The lowest BCUT2D eigenvalue weighted by atomic mass is 10.2. The van der Waals surface area contributed by atoms with Crippen LogP contribution in [0.3, 0.4) is 0 Å². The van der Waals surface area contributed by atoms with Gasteiger partial charge in [-0.05, 0) is 42.8 Å². The molecule has 0 aliphatic carbocycles. The van der Waals surface area contributed by atoms with Crippen LogP contribution < -0.4 is 4.74 Å². The number of carboxylic acids is 1. The van der Waals surface area contributed by atoms with Crippen LogP contribution in [0.5, 0.6) is 11.5 Å². The van der Waals surface area contributed by atoms with Gasteiger partial charge in [-0.1, -0.05) is 33.6 Å². The van der Waals surface area contributed by atoms with Gasteiger partial charge in [0, 0.05) is 4.47 Å². The van der Waals surface area contributed by atoms with E-state index in [9.17, 15) is 4.79 Å². The van der Waals surface area contributed by atoms with E-state index in [0.717, 1.165) is 5.56 Å². The van der Waals surface area contributed by atoms with Crippen molar-refractivity contribution < 1.29 is 14.6 Å². The van der Waals surface area contributed by atoms with E-state index in [1.165, 1.54) is 12.1 Å². The maximum atomic E-state index is 11.0. The van der Waals surface area contributed by atoms with E-state index in [-0.39, 0.29) is 5.56 Å². The molecule has 0 bridgehead atoms. The van der Waals surface area contributed by atoms with E-state index in [2.05, 4.69) is 15.9 Å². The first kappa shape index (κ1) is 13.9. The van der Waals surface area contributed by atoms with Gasteiger partial charge in [0.05, 0.1) is 10.6 Å². The summed E-state index contributed by atoms with van der Waals surface area (Å²) in [5.41, 5.74) is 1.17. The van der Waals surface area contributed by atoms with Crippen LogP contribution in [-0.2, 0) is 0 Å². The van der Waals surface area contributed by atoms with Gasteiger partial charge in [0.15, 0.2) is 0 Å². The topological polar surface area (TPSA) is 46.5 Å². The SMILES string of the molecule is Cc1ccc(Oc2cc(Br)cc(C(=O)O)c2)c(Cl)c1. The molecule has 5 heteroatoms. The van der Waals surface area contributed by atoms with E-state index in [4.69, 9.17) is 21.4 Å². The Balaban J connectivity index is 2.35. The molecule has 0 heterocycles. The molecular formula is C14H10BrClO3. The smallest absolute Gasteiger partial charge is 0.335 e. The Morgan fingerprint density at radius 3 is 2.63 bits per heavy atom. The fourth-order valence-electron chi connectivity index (χ4n) is 1.56. The minimum absolute atomic E-state index is 0.146. The first-order chi connectivity index (χ1) is 8.95. The van der Waals surface area contributed by atoms with Gasteiger partial charge in [-0.2, -0.15) is 0 Å². The van der Waals surface area contributed by atoms with Crippen molar-refractivity contribution >= 4 is 33.5 Å². The Morgan fingerprint density at radius 1 is 1.26 bits per heavy atom. The molecule has 0 fully saturated rings. The van der Waals surface area contributed by atoms with Crippen LogP contribution in [0.1, 0.15) is 15.9 Å². The average molecular weight is 342 g/mol. The maximum absolute atomic E-state index is 11.0. The van der Waals surface area contributed by atoms with Gasteiger partial charge < -0.3 is 9.84 Å². The lowest BCUT2D eigenvalue weighted by molar-refractivity contribution is 0.0696. The second-order valence-corrected chi connectivity index (χ2v) is 5.34. The first-order valence-electron chi connectivity index (χ1n) is 5.43. The number of hydrogen-bond acceptors (Lipinski definition) is 2. The van der Waals surface area contributed by atoms with Crippen LogP contribution in [-0.4, -0.2) is 11.1 Å². The fourth-order valence-corrected chi connectivity index (χ4v) is 2.31. The molecule has 2 aromatic carbocycles. The molecule has 3 nitrogen and oxygen atoms in total. The van der Waals surface area contributed by atoms with Crippen molar-refractivity contribution in [1.29, 1.82) is 0 Å². The molecule has 0 saturated carbocycles. The zero-order valence-corrected chi connectivity index (χ0v) is 12.3. The van der Waals surface area contributed by atoms with E-state index >= 15 is 0 Å². The molecule has 0 spiro atoms. The van der Waals surface area contributed by atoms with Crippen LogP contribution in [0.2, 0.25) is 5.02 Å². The van der Waals surface area contributed by atoms with Gasteiger partial charge in [0.1, 0.15) is 11.5 Å². The largest absolute Gasteiger partial charge is 0.478 e. The van der Waals surface area contributed by atoms with Crippen molar-refractivity contribution in [3.05, 3.63) is 57.0 Å². The van der Waals surface area contributed by atoms with Gasteiger partial charge in [-0.25, -0.2) is 4.79 Å². The molecule has 0 atom stereocenters. The van der Waals surface area contributed by atoms with Crippen molar-refractivity contribution in [3.63, 3.8) is 0 Å². The Kier molecular flexibility index (Phi) is 4.12. The summed E-state index contributed by atoms with van der Waals surface area (Å²) in [6.07, 6.45) is 0. The van der Waals surface area contributed by atoms with E-state index in [1.807, 2.05) is 13.0 Å². The number of rotatable bonds is 3. The van der Waals surface area contributed by atoms with Crippen molar-refractivity contribution in [3.8, 4) is 11.5 Å². The van der Waals surface area contributed by atoms with Gasteiger partial charge in [0.2, 0.25) is 0 Å². The van der Waals surface area contributed by atoms with Crippen LogP contribution in [0, 0.1) is 6.92 Å². The first-order valence-corrected chi connectivity index (χ1v) is 6.60. The normalized spacial score (nSPS) is 10.3. The van der Waals surface area contributed by atoms with Gasteiger partial charge in [-0.15, -0.1) is 0 Å².